The number of hydrogen-bond donors (Lipinski definition) is 0. The van der Waals surface area contributed by atoms with E-state index in [4.69, 9.17) is 9.97 Å². The van der Waals surface area contributed by atoms with Gasteiger partial charge in [-0.2, -0.15) is 0 Å². The average molecular weight is 639 g/mol. The van der Waals surface area contributed by atoms with E-state index in [9.17, 15) is 0 Å². The fourth-order valence-electron chi connectivity index (χ4n) is 7.53. The van der Waals surface area contributed by atoms with Gasteiger partial charge in [0.05, 0.1) is 33.6 Å². The Kier molecular flexibility index (Phi) is 6.46. The maximum absolute atomic E-state index is 5.20. The molecular weight excluding hydrogens is 609 g/mol. The molecule has 50 heavy (non-hydrogen) atoms. The van der Waals surface area contributed by atoms with Gasteiger partial charge in [-0.1, -0.05) is 127 Å². The first-order valence-corrected chi connectivity index (χ1v) is 16.9. The molecule has 0 saturated heterocycles. The van der Waals surface area contributed by atoms with E-state index in [1.54, 1.807) is 0 Å². The molecule has 0 spiro atoms. The van der Waals surface area contributed by atoms with Gasteiger partial charge < -0.3 is 4.57 Å². The molecule has 4 heterocycles. The van der Waals surface area contributed by atoms with Crippen LogP contribution < -0.4 is 0 Å². The lowest BCUT2D eigenvalue weighted by Gasteiger charge is -2.15. The van der Waals surface area contributed by atoms with Crippen molar-refractivity contribution in [2.75, 3.05) is 0 Å². The van der Waals surface area contributed by atoms with Crippen LogP contribution in [-0.4, -0.2) is 19.1 Å². The van der Waals surface area contributed by atoms with Crippen molar-refractivity contribution in [3.8, 4) is 45.0 Å². The van der Waals surface area contributed by atoms with Gasteiger partial charge in [0, 0.05) is 50.1 Å². The highest BCUT2D eigenvalue weighted by Gasteiger charge is 2.20. The van der Waals surface area contributed by atoms with E-state index in [-0.39, 0.29) is 0 Å². The van der Waals surface area contributed by atoms with Crippen LogP contribution in [0, 0.1) is 0 Å². The Labute approximate surface area is 289 Å². The van der Waals surface area contributed by atoms with E-state index in [0.29, 0.717) is 0 Å². The minimum absolute atomic E-state index is 0.937. The SMILES string of the molecule is c1ccc(-c2cc(-n3c4ccccc4c4cccc(-c5ccc6c7cccnc7n(-c7ccccc7)c6c5)c43)cc(-c3ccccc3)n2)cc1. The van der Waals surface area contributed by atoms with Crippen LogP contribution in [0.2, 0.25) is 0 Å². The van der Waals surface area contributed by atoms with Crippen LogP contribution in [0.3, 0.4) is 0 Å². The molecule has 0 N–H and O–H groups in total. The van der Waals surface area contributed by atoms with Gasteiger partial charge in [0.15, 0.2) is 0 Å². The maximum Gasteiger partial charge on any atom is 0.145 e. The molecule has 0 aliphatic carbocycles. The molecule has 0 saturated carbocycles. The molecule has 0 unspecified atom stereocenters. The molecular formula is C46H30N4. The molecule has 0 atom stereocenters. The van der Waals surface area contributed by atoms with E-state index >= 15 is 0 Å². The number of hydrogen-bond acceptors (Lipinski definition) is 2. The molecule has 10 rings (SSSR count). The number of nitrogens with zero attached hydrogens (tertiary/aromatic N) is 4. The summed E-state index contributed by atoms with van der Waals surface area (Å²) in [5.74, 6) is 0. The van der Waals surface area contributed by atoms with Crippen LogP contribution in [0.15, 0.2) is 182 Å². The van der Waals surface area contributed by atoms with E-state index in [1.165, 1.54) is 16.2 Å². The summed E-state index contributed by atoms with van der Waals surface area (Å²) in [6.45, 7) is 0. The number of benzene rings is 6. The van der Waals surface area contributed by atoms with Gasteiger partial charge in [-0.15, -0.1) is 0 Å². The second kappa shape index (κ2) is 11.4. The predicted octanol–water partition coefficient (Wildman–Crippen LogP) is 11.7. The van der Waals surface area contributed by atoms with Crippen LogP contribution in [0.1, 0.15) is 0 Å². The lowest BCUT2D eigenvalue weighted by atomic mass is 10.00. The van der Waals surface area contributed by atoms with Crippen LogP contribution in [0.5, 0.6) is 0 Å². The summed E-state index contributed by atoms with van der Waals surface area (Å²) < 4.78 is 4.71. The van der Waals surface area contributed by atoms with E-state index in [0.717, 1.165) is 72.6 Å². The Morgan fingerprint density at radius 2 is 1.00 bits per heavy atom. The van der Waals surface area contributed by atoms with Crippen molar-refractivity contribution in [3.63, 3.8) is 0 Å². The molecule has 0 aliphatic heterocycles. The van der Waals surface area contributed by atoms with Gasteiger partial charge in [-0.25, -0.2) is 9.97 Å². The molecule has 10 aromatic rings. The molecule has 4 nitrogen and oxygen atoms in total. The molecule has 0 aliphatic rings. The standard InChI is InChI=1S/C46H30N4/c1-4-14-31(15-5-1)41-29-35(30-42(48-41)32-16-6-2-7-17-32)49-43-24-11-10-20-37(43)39-22-12-21-36(45(39)49)33-25-26-38-40-23-13-27-47-46(40)50(44(38)28-33)34-18-8-3-9-19-34/h1-30H. The monoisotopic (exact) mass is 638 g/mol. The Morgan fingerprint density at radius 3 is 1.74 bits per heavy atom. The summed E-state index contributed by atoms with van der Waals surface area (Å²) in [5, 5.41) is 4.75. The fourth-order valence-corrected chi connectivity index (χ4v) is 7.53. The van der Waals surface area contributed by atoms with Gasteiger partial charge in [0.25, 0.3) is 0 Å². The lowest BCUT2D eigenvalue weighted by Crippen LogP contribution is -1.99. The van der Waals surface area contributed by atoms with Crippen LogP contribution in [-0.2, 0) is 0 Å². The highest BCUT2D eigenvalue weighted by Crippen LogP contribution is 2.41. The van der Waals surface area contributed by atoms with Crippen molar-refractivity contribution in [2.24, 2.45) is 0 Å². The second-order valence-electron chi connectivity index (χ2n) is 12.7. The topological polar surface area (TPSA) is 35.6 Å². The number of para-hydroxylation sites is 3. The Bertz CT molecular complexity index is 2790. The van der Waals surface area contributed by atoms with Crippen molar-refractivity contribution < 1.29 is 0 Å². The van der Waals surface area contributed by atoms with Crippen LogP contribution in [0.4, 0.5) is 0 Å². The number of pyridine rings is 2. The van der Waals surface area contributed by atoms with Crippen LogP contribution in [0.25, 0.3) is 88.8 Å². The summed E-state index contributed by atoms with van der Waals surface area (Å²) in [6.07, 6.45) is 1.88. The Hall–Kier alpha value is -6.78. The molecule has 234 valence electrons. The Balaban J connectivity index is 1.28. The lowest BCUT2D eigenvalue weighted by molar-refractivity contribution is 1.14. The summed E-state index contributed by atoms with van der Waals surface area (Å²) in [5.41, 5.74) is 12.9. The van der Waals surface area contributed by atoms with Crippen molar-refractivity contribution >= 4 is 43.7 Å². The summed E-state index contributed by atoms with van der Waals surface area (Å²) in [6, 6.07) is 62.4. The first-order valence-electron chi connectivity index (χ1n) is 16.9. The molecule has 4 heteroatoms. The first kappa shape index (κ1) is 28.3. The van der Waals surface area contributed by atoms with Gasteiger partial charge in [-0.3, -0.25) is 4.57 Å². The highest BCUT2D eigenvalue weighted by atomic mass is 15.0. The largest absolute Gasteiger partial charge is 0.308 e. The Morgan fingerprint density at radius 1 is 0.380 bits per heavy atom. The second-order valence-corrected chi connectivity index (χ2v) is 12.7. The zero-order chi connectivity index (χ0) is 33.0. The highest BCUT2D eigenvalue weighted by molar-refractivity contribution is 6.15. The van der Waals surface area contributed by atoms with Gasteiger partial charge >= 0.3 is 0 Å². The quantitative estimate of drug-likeness (QED) is 0.188. The summed E-state index contributed by atoms with van der Waals surface area (Å²) >= 11 is 0. The number of aromatic nitrogens is 4. The third-order valence-electron chi connectivity index (χ3n) is 9.75. The third kappa shape index (κ3) is 4.46. The molecule has 0 bridgehead atoms. The number of rotatable bonds is 5. The van der Waals surface area contributed by atoms with E-state index in [1.807, 2.05) is 12.3 Å². The van der Waals surface area contributed by atoms with Crippen molar-refractivity contribution in [2.45, 2.75) is 0 Å². The first-order chi connectivity index (χ1) is 24.8. The van der Waals surface area contributed by atoms with Crippen molar-refractivity contribution in [1.82, 2.24) is 19.1 Å². The molecule has 4 aromatic heterocycles. The van der Waals surface area contributed by atoms with Crippen molar-refractivity contribution in [3.05, 3.63) is 182 Å². The average Bonchev–Trinajstić information content (AvgIpc) is 3.71. The summed E-state index contributed by atoms with van der Waals surface area (Å²) in [7, 11) is 0. The molecule has 0 radical (unpaired) electrons. The van der Waals surface area contributed by atoms with E-state index in [2.05, 4.69) is 179 Å². The summed E-state index contributed by atoms with van der Waals surface area (Å²) in [4.78, 5) is 10.0. The smallest absolute Gasteiger partial charge is 0.145 e. The van der Waals surface area contributed by atoms with E-state index < -0.39 is 0 Å². The zero-order valence-electron chi connectivity index (χ0n) is 27.1. The minimum Gasteiger partial charge on any atom is -0.308 e. The minimum atomic E-state index is 0.937. The van der Waals surface area contributed by atoms with Gasteiger partial charge in [0.2, 0.25) is 0 Å². The van der Waals surface area contributed by atoms with Gasteiger partial charge in [0.1, 0.15) is 5.65 Å². The normalized spacial score (nSPS) is 11.6. The predicted molar refractivity (Wildman–Crippen MR) is 207 cm³/mol. The van der Waals surface area contributed by atoms with Crippen LogP contribution >= 0.6 is 0 Å². The molecule has 0 fully saturated rings. The molecule has 0 amide bonds. The number of fused-ring (bicyclic) bond motifs is 6. The maximum atomic E-state index is 5.20. The molecule has 6 aromatic carbocycles. The van der Waals surface area contributed by atoms with Gasteiger partial charge in [-0.05, 0) is 54.1 Å². The zero-order valence-corrected chi connectivity index (χ0v) is 27.1. The van der Waals surface area contributed by atoms with Crippen molar-refractivity contribution in [1.29, 1.82) is 0 Å². The fraction of sp³-hybridized carbons (Fsp3) is 0. The third-order valence-corrected chi connectivity index (χ3v) is 9.75.